The van der Waals surface area contributed by atoms with Gasteiger partial charge < -0.3 is 15.5 Å². The van der Waals surface area contributed by atoms with Crippen LogP contribution in [0, 0.1) is 5.82 Å². The second kappa shape index (κ2) is 8.88. The number of pyridine rings is 1. The molecule has 3 aromatic rings. The average molecular weight is 431 g/mol. The maximum atomic E-state index is 13.3. The van der Waals surface area contributed by atoms with Crippen molar-refractivity contribution in [2.45, 2.75) is 0 Å². The van der Waals surface area contributed by atoms with Crippen molar-refractivity contribution < 1.29 is 4.39 Å². The van der Waals surface area contributed by atoms with Gasteiger partial charge in [-0.25, -0.2) is 9.37 Å². The lowest BCUT2D eigenvalue weighted by Crippen LogP contribution is -2.21. The van der Waals surface area contributed by atoms with E-state index in [4.69, 9.17) is 0 Å². The van der Waals surface area contributed by atoms with Gasteiger partial charge in [-0.05, 0) is 60.4 Å². The molecule has 0 unspecified atom stereocenters. The van der Waals surface area contributed by atoms with Crippen LogP contribution in [0.4, 0.5) is 21.8 Å². The number of likely N-dealkylation sites (N-methyl/N-ethyl adjacent to an activating group) is 1. The first-order chi connectivity index (χ1) is 13.0. The normalized spacial score (nSPS) is 10.9. The van der Waals surface area contributed by atoms with Gasteiger partial charge in [0, 0.05) is 41.6 Å². The van der Waals surface area contributed by atoms with Crippen molar-refractivity contribution >= 4 is 33.4 Å². The van der Waals surface area contributed by atoms with E-state index < -0.39 is 0 Å². The van der Waals surface area contributed by atoms with Gasteiger partial charge in [-0.3, -0.25) is 4.98 Å². The first-order valence-electron chi connectivity index (χ1n) is 8.41. The molecule has 2 aromatic heterocycles. The molecule has 0 atom stereocenters. The minimum absolute atomic E-state index is 0.307. The summed E-state index contributed by atoms with van der Waals surface area (Å²) in [6, 6.07) is 10.1. The highest BCUT2D eigenvalue weighted by Crippen LogP contribution is 2.28. The number of aromatic nitrogens is 3. The van der Waals surface area contributed by atoms with Crippen LogP contribution in [0.25, 0.3) is 11.3 Å². The molecule has 8 heteroatoms. The third kappa shape index (κ3) is 5.45. The summed E-state index contributed by atoms with van der Waals surface area (Å²) in [6.07, 6.45) is 3.44. The predicted octanol–water partition coefficient (Wildman–Crippen LogP) is 4.16. The Hall–Kier alpha value is -2.58. The van der Waals surface area contributed by atoms with Crippen LogP contribution in [0.3, 0.4) is 0 Å². The smallest absolute Gasteiger partial charge is 0.225 e. The second-order valence-electron chi connectivity index (χ2n) is 6.18. The van der Waals surface area contributed by atoms with Gasteiger partial charge in [0.1, 0.15) is 11.6 Å². The standard InChI is InChI=1S/C19H20BrFN6/c1-27(2)10-9-23-19-25-17(13-5-7-22-8-6-13)12-18(26-19)24-16-4-3-14(21)11-15(16)20/h3-8,11-12H,9-10H2,1-2H3,(H2,23,24,25,26). The number of benzene rings is 1. The van der Waals surface area contributed by atoms with Gasteiger partial charge in [0.15, 0.2) is 0 Å². The van der Waals surface area contributed by atoms with E-state index in [0.717, 1.165) is 23.5 Å². The molecule has 0 amide bonds. The number of anilines is 3. The van der Waals surface area contributed by atoms with Crippen molar-refractivity contribution in [1.29, 1.82) is 0 Å². The monoisotopic (exact) mass is 430 g/mol. The van der Waals surface area contributed by atoms with Gasteiger partial charge >= 0.3 is 0 Å². The van der Waals surface area contributed by atoms with Gasteiger partial charge in [-0.2, -0.15) is 4.98 Å². The van der Waals surface area contributed by atoms with Crippen LogP contribution in [0.2, 0.25) is 0 Å². The maximum Gasteiger partial charge on any atom is 0.225 e. The van der Waals surface area contributed by atoms with Crippen LogP contribution < -0.4 is 10.6 Å². The Labute approximate surface area is 166 Å². The highest BCUT2D eigenvalue weighted by Gasteiger charge is 2.09. The lowest BCUT2D eigenvalue weighted by atomic mass is 10.2. The van der Waals surface area contributed by atoms with Crippen molar-refractivity contribution in [2.75, 3.05) is 37.8 Å². The van der Waals surface area contributed by atoms with Gasteiger partial charge in [-0.1, -0.05) is 0 Å². The zero-order valence-electron chi connectivity index (χ0n) is 15.1. The number of nitrogens with zero attached hydrogens (tertiary/aromatic N) is 4. The van der Waals surface area contributed by atoms with Crippen molar-refractivity contribution in [2.24, 2.45) is 0 Å². The molecule has 0 spiro atoms. The van der Waals surface area contributed by atoms with E-state index in [0.29, 0.717) is 22.8 Å². The summed E-state index contributed by atoms with van der Waals surface area (Å²) in [5.74, 6) is 0.821. The van der Waals surface area contributed by atoms with E-state index in [9.17, 15) is 4.39 Å². The molecule has 0 saturated heterocycles. The van der Waals surface area contributed by atoms with Crippen molar-refractivity contribution in [1.82, 2.24) is 19.9 Å². The third-order valence-electron chi connectivity index (χ3n) is 3.74. The molecule has 0 saturated carbocycles. The SMILES string of the molecule is CN(C)CCNc1nc(Nc2ccc(F)cc2Br)cc(-c2ccncc2)n1. The lowest BCUT2D eigenvalue weighted by molar-refractivity contribution is 0.425. The molecule has 2 heterocycles. The topological polar surface area (TPSA) is 66.0 Å². The lowest BCUT2D eigenvalue weighted by Gasteiger charge is -2.14. The first-order valence-corrected chi connectivity index (χ1v) is 9.21. The largest absolute Gasteiger partial charge is 0.353 e. The van der Waals surface area contributed by atoms with Gasteiger partial charge in [0.2, 0.25) is 5.95 Å². The van der Waals surface area contributed by atoms with Crippen LogP contribution in [0.15, 0.2) is 53.3 Å². The summed E-state index contributed by atoms with van der Waals surface area (Å²) in [6.45, 7) is 1.57. The quantitative estimate of drug-likeness (QED) is 0.586. The molecule has 0 aliphatic rings. The van der Waals surface area contributed by atoms with E-state index in [2.05, 4.69) is 46.4 Å². The number of halogens is 2. The molecule has 0 bridgehead atoms. The Kier molecular flexibility index (Phi) is 6.31. The molecular weight excluding hydrogens is 411 g/mol. The Morgan fingerprint density at radius 3 is 2.56 bits per heavy atom. The van der Waals surface area contributed by atoms with Crippen LogP contribution in [0.1, 0.15) is 0 Å². The van der Waals surface area contributed by atoms with Gasteiger partial charge in [-0.15, -0.1) is 0 Å². The molecule has 0 radical (unpaired) electrons. The van der Waals surface area contributed by atoms with Crippen LogP contribution >= 0.6 is 15.9 Å². The molecule has 140 valence electrons. The molecule has 0 fully saturated rings. The summed E-state index contributed by atoms with van der Waals surface area (Å²) < 4.78 is 14.0. The molecule has 3 rings (SSSR count). The minimum Gasteiger partial charge on any atom is -0.353 e. The number of hydrogen-bond acceptors (Lipinski definition) is 6. The highest BCUT2D eigenvalue weighted by molar-refractivity contribution is 9.10. The summed E-state index contributed by atoms with van der Waals surface area (Å²) >= 11 is 3.37. The summed E-state index contributed by atoms with van der Waals surface area (Å²) in [7, 11) is 4.02. The predicted molar refractivity (Wildman–Crippen MR) is 110 cm³/mol. The van der Waals surface area contributed by atoms with Crippen LogP contribution in [-0.4, -0.2) is 47.0 Å². The van der Waals surface area contributed by atoms with Crippen molar-refractivity contribution in [3.05, 3.63) is 59.1 Å². The Balaban J connectivity index is 1.91. The van der Waals surface area contributed by atoms with Crippen molar-refractivity contribution in [3.8, 4) is 11.3 Å². The third-order valence-corrected chi connectivity index (χ3v) is 4.39. The van der Waals surface area contributed by atoms with E-state index in [1.165, 1.54) is 12.1 Å². The molecule has 6 nitrogen and oxygen atoms in total. The van der Waals surface area contributed by atoms with E-state index >= 15 is 0 Å². The fourth-order valence-electron chi connectivity index (χ4n) is 2.38. The fourth-order valence-corrected chi connectivity index (χ4v) is 2.83. The molecule has 0 aliphatic carbocycles. The Bertz CT molecular complexity index is 904. The number of rotatable bonds is 7. The minimum atomic E-state index is -0.307. The van der Waals surface area contributed by atoms with Gasteiger partial charge in [0.25, 0.3) is 0 Å². The molecule has 1 aromatic carbocycles. The molecule has 2 N–H and O–H groups in total. The second-order valence-corrected chi connectivity index (χ2v) is 7.03. The number of hydrogen-bond donors (Lipinski definition) is 2. The van der Waals surface area contributed by atoms with Crippen LogP contribution in [0.5, 0.6) is 0 Å². The average Bonchev–Trinajstić information content (AvgIpc) is 2.64. The van der Waals surface area contributed by atoms with Gasteiger partial charge in [0.05, 0.1) is 11.4 Å². The molecule has 27 heavy (non-hydrogen) atoms. The number of nitrogens with one attached hydrogen (secondary N) is 2. The Morgan fingerprint density at radius 1 is 1.07 bits per heavy atom. The zero-order chi connectivity index (χ0) is 19.2. The van der Waals surface area contributed by atoms with Crippen molar-refractivity contribution in [3.63, 3.8) is 0 Å². The summed E-state index contributed by atoms with van der Waals surface area (Å²) in [4.78, 5) is 15.3. The Morgan fingerprint density at radius 2 is 1.85 bits per heavy atom. The van der Waals surface area contributed by atoms with E-state index in [-0.39, 0.29) is 5.82 Å². The molecule has 0 aliphatic heterocycles. The van der Waals surface area contributed by atoms with E-state index in [1.807, 2.05) is 32.3 Å². The zero-order valence-corrected chi connectivity index (χ0v) is 16.7. The maximum absolute atomic E-state index is 13.3. The molecular formula is C19H20BrFN6. The fraction of sp³-hybridized carbons (Fsp3) is 0.211. The highest BCUT2D eigenvalue weighted by atomic mass is 79.9. The van der Waals surface area contributed by atoms with Crippen LogP contribution in [-0.2, 0) is 0 Å². The summed E-state index contributed by atoms with van der Waals surface area (Å²) in [5.41, 5.74) is 2.42. The van der Waals surface area contributed by atoms with E-state index in [1.54, 1.807) is 18.5 Å². The summed E-state index contributed by atoms with van der Waals surface area (Å²) in [5, 5.41) is 6.46. The first kappa shape index (κ1) is 19.2.